The fraction of sp³-hybridized carbons (Fsp3) is 0.179. The lowest BCUT2D eigenvalue weighted by Crippen LogP contribution is -2.38. The van der Waals surface area contributed by atoms with Crippen molar-refractivity contribution in [2.45, 2.75) is 31.8 Å². The summed E-state index contributed by atoms with van der Waals surface area (Å²) >= 11 is 1.30. The van der Waals surface area contributed by atoms with E-state index in [9.17, 15) is 9.59 Å². The molecule has 0 radical (unpaired) electrons. The molecule has 1 saturated carbocycles. The van der Waals surface area contributed by atoms with Crippen molar-refractivity contribution in [3.8, 4) is 11.1 Å². The first-order valence-electron chi connectivity index (χ1n) is 11.8. The molecular weight excluding hydrogens is 472 g/mol. The highest BCUT2D eigenvalue weighted by Gasteiger charge is 2.34. The second-order valence-corrected chi connectivity index (χ2v) is 9.80. The minimum atomic E-state index is -0.423. The molecule has 0 amide bonds. The molecule has 0 bridgehead atoms. The zero-order chi connectivity index (χ0) is 24.5. The van der Waals surface area contributed by atoms with E-state index < -0.39 is 5.78 Å². The molecule has 0 saturated heterocycles. The Labute approximate surface area is 211 Å². The summed E-state index contributed by atoms with van der Waals surface area (Å²) in [5.74, 6) is -0.401. The van der Waals surface area contributed by atoms with E-state index in [1.54, 1.807) is 0 Å². The number of thiazole rings is 1. The Morgan fingerprint density at radius 3 is 2.50 bits per heavy atom. The third kappa shape index (κ3) is 4.31. The van der Waals surface area contributed by atoms with Crippen molar-refractivity contribution in [1.29, 1.82) is 0 Å². The van der Waals surface area contributed by atoms with Gasteiger partial charge in [-0.2, -0.15) is 0 Å². The normalized spacial score (nSPS) is 15.4. The standard InChI is InChI=1S/C28H22N4O3S/c33-23-13-7-12-22(23)32(17-18-8-3-1-4-9-18)28-31-30-26(35-28)25(34)27-29-21-15-14-20(16-24(21)36-27)19-10-5-2-6-11-19/h1-6,8-11,14-16,22H,7,12-13,17H2/t22-/m0/s1. The molecule has 8 heteroatoms. The minimum absolute atomic E-state index is 0.129. The van der Waals surface area contributed by atoms with Crippen LogP contribution in [0.1, 0.15) is 40.5 Å². The van der Waals surface area contributed by atoms with Gasteiger partial charge < -0.3 is 9.32 Å². The molecule has 7 nitrogen and oxygen atoms in total. The Balaban J connectivity index is 1.29. The lowest BCUT2D eigenvalue weighted by atomic mass is 10.1. The van der Waals surface area contributed by atoms with Crippen molar-refractivity contribution < 1.29 is 14.0 Å². The number of fused-ring (bicyclic) bond motifs is 1. The number of carbonyl (C=O) groups excluding carboxylic acids is 2. The summed E-state index contributed by atoms with van der Waals surface area (Å²) in [7, 11) is 0. The molecule has 1 atom stereocenters. The molecule has 1 aliphatic carbocycles. The zero-order valence-electron chi connectivity index (χ0n) is 19.3. The summed E-state index contributed by atoms with van der Waals surface area (Å²) < 4.78 is 6.76. The van der Waals surface area contributed by atoms with Crippen LogP contribution in [0.25, 0.3) is 21.3 Å². The van der Waals surface area contributed by atoms with Crippen molar-refractivity contribution >= 4 is 39.1 Å². The number of hydrogen-bond donors (Lipinski definition) is 0. The molecule has 0 aliphatic heterocycles. The Kier molecular flexibility index (Phi) is 5.87. The average molecular weight is 495 g/mol. The Hall–Kier alpha value is -4.17. The maximum atomic E-state index is 13.2. The largest absolute Gasteiger partial charge is 0.400 e. The first kappa shape index (κ1) is 22.3. The number of rotatable bonds is 7. The highest BCUT2D eigenvalue weighted by Crippen LogP contribution is 2.31. The summed E-state index contributed by atoms with van der Waals surface area (Å²) in [6.07, 6.45) is 2.08. The van der Waals surface area contributed by atoms with Crippen molar-refractivity contribution in [3.05, 3.63) is 95.3 Å². The lowest BCUT2D eigenvalue weighted by Gasteiger charge is -2.25. The number of carbonyl (C=O) groups is 2. The van der Waals surface area contributed by atoms with E-state index in [-0.39, 0.29) is 28.7 Å². The molecule has 36 heavy (non-hydrogen) atoms. The van der Waals surface area contributed by atoms with Gasteiger partial charge in [0.25, 0.3) is 11.7 Å². The van der Waals surface area contributed by atoms with E-state index in [2.05, 4.69) is 15.2 Å². The number of hydrogen-bond acceptors (Lipinski definition) is 8. The van der Waals surface area contributed by atoms with Crippen LogP contribution in [0.5, 0.6) is 0 Å². The van der Waals surface area contributed by atoms with Crippen LogP contribution in [-0.4, -0.2) is 32.8 Å². The molecule has 2 aromatic heterocycles. The maximum Gasteiger partial charge on any atom is 0.319 e. The number of benzene rings is 3. The predicted molar refractivity (Wildman–Crippen MR) is 138 cm³/mol. The topological polar surface area (TPSA) is 89.2 Å². The first-order chi connectivity index (χ1) is 17.7. The number of anilines is 1. The van der Waals surface area contributed by atoms with Crippen LogP contribution in [-0.2, 0) is 11.3 Å². The quantitative estimate of drug-likeness (QED) is 0.268. The molecule has 6 rings (SSSR count). The van der Waals surface area contributed by atoms with Gasteiger partial charge in [-0.15, -0.1) is 16.4 Å². The van der Waals surface area contributed by atoms with Crippen LogP contribution in [0.4, 0.5) is 6.01 Å². The summed E-state index contributed by atoms with van der Waals surface area (Å²) in [5.41, 5.74) is 3.92. The molecule has 1 fully saturated rings. The van der Waals surface area contributed by atoms with E-state index in [0.717, 1.165) is 39.7 Å². The number of aromatic nitrogens is 3. The predicted octanol–water partition coefficient (Wildman–Crippen LogP) is 5.71. The fourth-order valence-corrected chi connectivity index (χ4v) is 5.50. The van der Waals surface area contributed by atoms with Gasteiger partial charge in [0, 0.05) is 13.0 Å². The molecule has 5 aromatic rings. The molecule has 0 N–H and O–H groups in total. The van der Waals surface area contributed by atoms with E-state index >= 15 is 0 Å². The molecule has 2 heterocycles. The van der Waals surface area contributed by atoms with Crippen molar-refractivity contribution in [3.63, 3.8) is 0 Å². The molecular formula is C28H22N4O3S. The Morgan fingerprint density at radius 1 is 0.972 bits per heavy atom. The fourth-order valence-electron chi connectivity index (χ4n) is 4.56. The number of nitrogens with zero attached hydrogens (tertiary/aromatic N) is 4. The smallest absolute Gasteiger partial charge is 0.319 e. The van der Waals surface area contributed by atoms with Crippen LogP contribution >= 0.6 is 11.3 Å². The Morgan fingerprint density at radius 2 is 1.75 bits per heavy atom. The van der Waals surface area contributed by atoms with Crippen LogP contribution in [0.15, 0.2) is 83.3 Å². The Bertz CT molecular complexity index is 1550. The van der Waals surface area contributed by atoms with Gasteiger partial charge in [-0.05, 0) is 41.7 Å². The minimum Gasteiger partial charge on any atom is -0.400 e. The van der Waals surface area contributed by atoms with Crippen LogP contribution in [0.3, 0.4) is 0 Å². The van der Waals surface area contributed by atoms with Gasteiger partial charge >= 0.3 is 6.01 Å². The summed E-state index contributed by atoms with van der Waals surface area (Å²) in [5, 5.41) is 8.48. The van der Waals surface area contributed by atoms with Gasteiger partial charge in [-0.1, -0.05) is 71.8 Å². The first-order valence-corrected chi connectivity index (χ1v) is 12.6. The molecule has 0 spiro atoms. The molecule has 178 valence electrons. The summed E-state index contributed by atoms with van der Waals surface area (Å²) in [4.78, 5) is 32.1. The lowest BCUT2D eigenvalue weighted by molar-refractivity contribution is -0.118. The van der Waals surface area contributed by atoms with Gasteiger partial charge in [-0.25, -0.2) is 4.98 Å². The highest BCUT2D eigenvalue weighted by molar-refractivity contribution is 7.20. The van der Waals surface area contributed by atoms with E-state index in [4.69, 9.17) is 4.42 Å². The van der Waals surface area contributed by atoms with Gasteiger partial charge in [-0.3, -0.25) is 9.59 Å². The van der Waals surface area contributed by atoms with E-state index in [1.165, 1.54) is 11.3 Å². The van der Waals surface area contributed by atoms with E-state index in [0.29, 0.717) is 13.0 Å². The number of ketones is 2. The molecule has 3 aromatic carbocycles. The summed E-state index contributed by atoms with van der Waals surface area (Å²) in [6, 6.07) is 25.7. The van der Waals surface area contributed by atoms with Gasteiger partial charge in [0.05, 0.1) is 16.3 Å². The second kappa shape index (κ2) is 9.47. The van der Waals surface area contributed by atoms with E-state index in [1.807, 2.05) is 83.8 Å². The van der Waals surface area contributed by atoms with Gasteiger partial charge in [0.15, 0.2) is 10.8 Å². The molecule has 0 unspecified atom stereocenters. The van der Waals surface area contributed by atoms with Gasteiger partial charge in [0.1, 0.15) is 0 Å². The second-order valence-electron chi connectivity index (χ2n) is 8.77. The van der Waals surface area contributed by atoms with Crippen LogP contribution < -0.4 is 4.90 Å². The molecule has 1 aliphatic rings. The monoisotopic (exact) mass is 494 g/mol. The van der Waals surface area contributed by atoms with Gasteiger partial charge in [0.2, 0.25) is 0 Å². The third-order valence-electron chi connectivity index (χ3n) is 6.39. The van der Waals surface area contributed by atoms with Crippen LogP contribution in [0, 0.1) is 0 Å². The zero-order valence-corrected chi connectivity index (χ0v) is 20.1. The summed E-state index contributed by atoms with van der Waals surface area (Å²) in [6.45, 7) is 0.441. The SMILES string of the molecule is O=C(c1nnc(N(Cc2ccccc2)[C@H]2CCCC2=O)o1)c1nc2ccc(-c3ccccc3)cc2s1. The highest BCUT2D eigenvalue weighted by atomic mass is 32.1. The van der Waals surface area contributed by atoms with Crippen LogP contribution in [0.2, 0.25) is 0 Å². The van der Waals surface area contributed by atoms with Crippen molar-refractivity contribution in [2.24, 2.45) is 0 Å². The van der Waals surface area contributed by atoms with Crippen molar-refractivity contribution in [2.75, 3.05) is 4.90 Å². The number of Topliss-reactive ketones (excluding diaryl/α,β-unsaturated/α-hetero) is 1. The maximum absolute atomic E-state index is 13.2. The van der Waals surface area contributed by atoms with Crippen molar-refractivity contribution in [1.82, 2.24) is 15.2 Å². The average Bonchev–Trinajstić information content (AvgIpc) is 3.67. The third-order valence-corrected chi connectivity index (χ3v) is 7.41.